The van der Waals surface area contributed by atoms with Crippen LogP contribution in [0.25, 0.3) is 0 Å². The van der Waals surface area contributed by atoms with Crippen LogP contribution in [-0.2, 0) is 0 Å². The number of ether oxygens (including phenoxy) is 1. The van der Waals surface area contributed by atoms with Crippen molar-refractivity contribution in [1.82, 2.24) is 10.6 Å². The van der Waals surface area contributed by atoms with Crippen LogP contribution in [0.15, 0.2) is 12.1 Å². The Kier molecular flexibility index (Phi) is 2.73. The molecule has 4 heteroatoms. The Hall–Kier alpha value is -1.71. The number of urea groups is 1. The summed E-state index contributed by atoms with van der Waals surface area (Å²) in [5.74, 6) is 0.861. The largest absolute Gasteiger partial charge is 0.496 e. The molecule has 2 N–H and O–H groups in total. The molecule has 1 aliphatic rings. The number of benzene rings is 1. The molecule has 1 heterocycles. The lowest BCUT2D eigenvalue weighted by molar-refractivity contribution is 0.247. The molecule has 1 saturated heterocycles. The molecule has 0 radical (unpaired) electrons. The van der Waals surface area contributed by atoms with E-state index in [1.165, 1.54) is 5.56 Å². The van der Waals surface area contributed by atoms with E-state index in [-0.39, 0.29) is 12.1 Å². The zero-order valence-electron chi connectivity index (χ0n) is 9.76. The highest BCUT2D eigenvalue weighted by Crippen LogP contribution is 2.30. The molecule has 86 valence electrons. The first-order chi connectivity index (χ1) is 7.61. The van der Waals surface area contributed by atoms with Crippen molar-refractivity contribution >= 4 is 6.03 Å². The van der Waals surface area contributed by atoms with Gasteiger partial charge in [0.15, 0.2) is 0 Å². The van der Waals surface area contributed by atoms with Crippen molar-refractivity contribution in [3.8, 4) is 5.75 Å². The fourth-order valence-corrected chi connectivity index (χ4v) is 2.17. The lowest BCUT2D eigenvalue weighted by atomic mass is 10.00. The first kappa shape index (κ1) is 10.8. The lowest BCUT2D eigenvalue weighted by Crippen LogP contribution is -2.22. The smallest absolute Gasteiger partial charge is 0.315 e. The number of hydrogen-bond acceptors (Lipinski definition) is 2. The quantitative estimate of drug-likeness (QED) is 0.796. The number of rotatable bonds is 2. The average Bonchev–Trinajstić information content (AvgIpc) is 2.63. The summed E-state index contributed by atoms with van der Waals surface area (Å²) in [6, 6.07) is 4.02. The molecule has 16 heavy (non-hydrogen) atoms. The molecule has 2 rings (SSSR count). The van der Waals surface area contributed by atoms with E-state index in [1.807, 2.05) is 13.8 Å². The monoisotopic (exact) mass is 220 g/mol. The normalized spacial score (nSPS) is 19.2. The molecular formula is C12H16N2O2. The minimum Gasteiger partial charge on any atom is -0.496 e. The van der Waals surface area contributed by atoms with Crippen LogP contribution in [0.2, 0.25) is 0 Å². The topological polar surface area (TPSA) is 50.4 Å². The molecule has 0 aromatic heterocycles. The van der Waals surface area contributed by atoms with Crippen molar-refractivity contribution in [2.24, 2.45) is 0 Å². The van der Waals surface area contributed by atoms with Crippen LogP contribution in [0.3, 0.4) is 0 Å². The van der Waals surface area contributed by atoms with Crippen molar-refractivity contribution < 1.29 is 9.53 Å². The van der Waals surface area contributed by atoms with Crippen molar-refractivity contribution in [3.63, 3.8) is 0 Å². The summed E-state index contributed by atoms with van der Waals surface area (Å²) in [7, 11) is 1.66. The molecule has 1 unspecified atom stereocenters. The molecule has 1 atom stereocenters. The van der Waals surface area contributed by atoms with Gasteiger partial charge < -0.3 is 15.4 Å². The van der Waals surface area contributed by atoms with E-state index < -0.39 is 0 Å². The van der Waals surface area contributed by atoms with Gasteiger partial charge in [-0.2, -0.15) is 0 Å². The first-order valence-electron chi connectivity index (χ1n) is 5.31. The Morgan fingerprint density at radius 2 is 2.12 bits per heavy atom. The van der Waals surface area contributed by atoms with Gasteiger partial charge in [-0.05, 0) is 19.4 Å². The third-order valence-electron chi connectivity index (χ3n) is 2.80. The average molecular weight is 220 g/mol. The summed E-state index contributed by atoms with van der Waals surface area (Å²) in [5, 5.41) is 5.62. The van der Waals surface area contributed by atoms with E-state index in [4.69, 9.17) is 4.74 Å². The van der Waals surface area contributed by atoms with Gasteiger partial charge in [0.1, 0.15) is 5.75 Å². The molecule has 2 amide bonds. The summed E-state index contributed by atoms with van der Waals surface area (Å²) < 4.78 is 5.40. The highest BCUT2D eigenvalue weighted by Gasteiger charge is 2.25. The van der Waals surface area contributed by atoms with Gasteiger partial charge in [0.2, 0.25) is 0 Å². The van der Waals surface area contributed by atoms with Crippen molar-refractivity contribution in [1.29, 1.82) is 0 Å². The van der Waals surface area contributed by atoms with Gasteiger partial charge in [-0.3, -0.25) is 0 Å². The van der Waals surface area contributed by atoms with Gasteiger partial charge in [-0.1, -0.05) is 17.7 Å². The lowest BCUT2D eigenvalue weighted by Gasteiger charge is -2.16. The van der Waals surface area contributed by atoms with Crippen molar-refractivity contribution in [2.45, 2.75) is 19.9 Å². The van der Waals surface area contributed by atoms with E-state index >= 15 is 0 Å². The molecule has 0 spiro atoms. The third kappa shape index (κ3) is 1.83. The van der Waals surface area contributed by atoms with Gasteiger partial charge in [0, 0.05) is 12.1 Å². The van der Waals surface area contributed by atoms with Gasteiger partial charge in [-0.25, -0.2) is 4.79 Å². The minimum atomic E-state index is -0.119. The highest BCUT2D eigenvalue weighted by atomic mass is 16.5. The predicted molar refractivity (Wildman–Crippen MR) is 61.7 cm³/mol. The van der Waals surface area contributed by atoms with Crippen molar-refractivity contribution in [3.05, 3.63) is 28.8 Å². The minimum absolute atomic E-state index is 0.000972. The van der Waals surface area contributed by atoms with Crippen LogP contribution in [0.4, 0.5) is 4.79 Å². The van der Waals surface area contributed by atoms with Crippen LogP contribution >= 0.6 is 0 Å². The Morgan fingerprint density at radius 3 is 2.69 bits per heavy atom. The van der Waals surface area contributed by atoms with Crippen LogP contribution in [0.1, 0.15) is 22.7 Å². The Bertz CT molecular complexity index is 429. The summed E-state index contributed by atoms with van der Waals surface area (Å²) in [6.45, 7) is 4.66. The van der Waals surface area contributed by atoms with Gasteiger partial charge >= 0.3 is 6.03 Å². The number of carbonyl (C=O) groups excluding carboxylic acids is 1. The summed E-state index contributed by atoms with van der Waals surface area (Å²) in [5.41, 5.74) is 3.31. The van der Waals surface area contributed by atoms with Crippen LogP contribution in [-0.4, -0.2) is 19.7 Å². The maximum atomic E-state index is 11.1. The van der Waals surface area contributed by atoms with E-state index in [9.17, 15) is 4.79 Å². The van der Waals surface area contributed by atoms with E-state index in [1.54, 1.807) is 7.11 Å². The van der Waals surface area contributed by atoms with Crippen LogP contribution in [0, 0.1) is 13.8 Å². The van der Waals surface area contributed by atoms with E-state index in [2.05, 4.69) is 22.8 Å². The number of methoxy groups -OCH3 is 1. The molecule has 1 aliphatic heterocycles. The Labute approximate surface area is 95.0 Å². The molecule has 0 bridgehead atoms. The number of hydrogen-bond donors (Lipinski definition) is 2. The first-order valence-corrected chi connectivity index (χ1v) is 5.31. The zero-order chi connectivity index (χ0) is 11.7. The van der Waals surface area contributed by atoms with Gasteiger partial charge in [0.05, 0.1) is 13.2 Å². The molecule has 1 fully saturated rings. The van der Waals surface area contributed by atoms with Gasteiger partial charge in [-0.15, -0.1) is 0 Å². The van der Waals surface area contributed by atoms with E-state index in [0.717, 1.165) is 16.9 Å². The SMILES string of the molecule is COc1c(C)cc(C)cc1C1CNC(=O)N1. The number of carbonyl (C=O) groups is 1. The predicted octanol–water partition coefficient (Wildman–Crippen LogP) is 1.67. The fraction of sp³-hybridized carbons (Fsp3) is 0.417. The summed E-state index contributed by atoms with van der Waals surface area (Å²) >= 11 is 0. The second kappa shape index (κ2) is 4.04. The summed E-state index contributed by atoms with van der Waals surface area (Å²) in [4.78, 5) is 11.1. The molecule has 1 aromatic rings. The maximum Gasteiger partial charge on any atom is 0.315 e. The molecule has 4 nitrogen and oxygen atoms in total. The van der Waals surface area contributed by atoms with Crippen molar-refractivity contribution in [2.75, 3.05) is 13.7 Å². The highest BCUT2D eigenvalue weighted by molar-refractivity contribution is 5.77. The Balaban J connectivity index is 2.42. The molecule has 0 saturated carbocycles. The number of nitrogens with one attached hydrogen (secondary N) is 2. The number of amides is 2. The molecule has 1 aromatic carbocycles. The maximum absolute atomic E-state index is 11.1. The Morgan fingerprint density at radius 1 is 1.38 bits per heavy atom. The molecular weight excluding hydrogens is 204 g/mol. The number of aryl methyl sites for hydroxylation is 2. The molecule has 0 aliphatic carbocycles. The third-order valence-corrected chi connectivity index (χ3v) is 2.80. The second-order valence-corrected chi connectivity index (χ2v) is 4.11. The van der Waals surface area contributed by atoms with Gasteiger partial charge in [0.25, 0.3) is 0 Å². The standard InChI is InChI=1S/C12H16N2O2/c1-7-4-8(2)11(16-3)9(5-7)10-6-13-12(15)14-10/h4-5,10H,6H2,1-3H3,(H2,13,14,15). The second-order valence-electron chi connectivity index (χ2n) is 4.11. The zero-order valence-corrected chi connectivity index (χ0v) is 9.76. The van der Waals surface area contributed by atoms with Crippen LogP contribution < -0.4 is 15.4 Å². The van der Waals surface area contributed by atoms with E-state index in [0.29, 0.717) is 6.54 Å². The van der Waals surface area contributed by atoms with Crippen LogP contribution in [0.5, 0.6) is 5.75 Å². The summed E-state index contributed by atoms with van der Waals surface area (Å²) in [6.07, 6.45) is 0. The fourth-order valence-electron chi connectivity index (χ4n) is 2.17.